The van der Waals surface area contributed by atoms with Crippen molar-refractivity contribution in [2.75, 3.05) is 11.4 Å². The number of hydrogen-bond donors (Lipinski definition) is 2. The molecule has 0 atom stereocenters. The van der Waals surface area contributed by atoms with Crippen LogP contribution in [0.1, 0.15) is 31.5 Å². The fraction of sp³-hybridized carbons (Fsp3) is 0.412. The highest BCUT2D eigenvalue weighted by atomic mass is 16.2. The Balaban J connectivity index is 0.000000880. The molecular formula is C17H22N6O2. The van der Waals surface area contributed by atoms with E-state index in [0.717, 1.165) is 24.5 Å². The molecule has 2 aliphatic rings. The van der Waals surface area contributed by atoms with Gasteiger partial charge in [-0.3, -0.25) is 15.0 Å². The molecule has 0 bridgehead atoms. The van der Waals surface area contributed by atoms with E-state index in [0.29, 0.717) is 18.2 Å². The predicted octanol–water partition coefficient (Wildman–Crippen LogP) is 1.56. The van der Waals surface area contributed by atoms with Gasteiger partial charge in [0.25, 0.3) is 0 Å². The summed E-state index contributed by atoms with van der Waals surface area (Å²) in [6.45, 7) is 5.96. The number of hydrogen-bond acceptors (Lipinski definition) is 5. The lowest BCUT2D eigenvalue weighted by Crippen LogP contribution is -2.50. The summed E-state index contributed by atoms with van der Waals surface area (Å²) in [5.74, 6) is 1.09. The summed E-state index contributed by atoms with van der Waals surface area (Å²) in [6.07, 6.45) is 1.92. The Morgan fingerprint density at radius 2 is 1.96 bits per heavy atom. The quantitative estimate of drug-likeness (QED) is 0.864. The number of carbonyl (C=O) groups is 2. The number of rotatable bonds is 2. The largest absolute Gasteiger partial charge is 0.329 e. The van der Waals surface area contributed by atoms with Crippen molar-refractivity contribution in [3.05, 3.63) is 29.6 Å². The van der Waals surface area contributed by atoms with Crippen molar-refractivity contribution in [1.82, 2.24) is 25.2 Å². The van der Waals surface area contributed by atoms with Gasteiger partial charge in [0.15, 0.2) is 5.82 Å². The van der Waals surface area contributed by atoms with Gasteiger partial charge in [0.1, 0.15) is 11.5 Å². The molecule has 1 fully saturated rings. The zero-order valence-corrected chi connectivity index (χ0v) is 14.7. The lowest BCUT2D eigenvalue weighted by atomic mass is 10.2. The molecule has 2 aromatic heterocycles. The van der Waals surface area contributed by atoms with Crippen LogP contribution in [0, 0.1) is 0 Å². The molecule has 132 valence electrons. The lowest BCUT2D eigenvalue weighted by molar-refractivity contribution is -0.120. The van der Waals surface area contributed by atoms with Gasteiger partial charge in [0.2, 0.25) is 5.91 Å². The maximum Gasteiger partial charge on any atom is 0.329 e. The van der Waals surface area contributed by atoms with Crippen LogP contribution in [0.4, 0.5) is 10.6 Å². The second kappa shape index (κ2) is 7.02. The average molecular weight is 342 g/mol. The molecule has 2 aliphatic heterocycles. The Labute approximate surface area is 146 Å². The van der Waals surface area contributed by atoms with Crippen LogP contribution in [-0.4, -0.2) is 33.0 Å². The van der Waals surface area contributed by atoms with Gasteiger partial charge >= 0.3 is 6.03 Å². The highest BCUT2D eigenvalue weighted by molar-refractivity contribution is 6.05. The van der Waals surface area contributed by atoms with Crippen molar-refractivity contribution in [3.63, 3.8) is 0 Å². The van der Waals surface area contributed by atoms with Crippen LogP contribution in [0.3, 0.4) is 0 Å². The molecule has 4 heterocycles. The standard InChI is InChI=1S/C15H16N6O2.C2H6/c1-20-13(21-5-4-12(22)19-15(21)23)8-17-14(20)10-3-2-9-6-16-7-11(9)18-10;1-2/h2-3,8,16H,4-7H2,1H3,(H,19,22,23);1-2H3. The van der Waals surface area contributed by atoms with E-state index in [-0.39, 0.29) is 12.3 Å². The smallest absolute Gasteiger partial charge is 0.312 e. The monoisotopic (exact) mass is 342 g/mol. The Morgan fingerprint density at radius 3 is 2.72 bits per heavy atom. The zero-order valence-electron chi connectivity index (χ0n) is 14.7. The van der Waals surface area contributed by atoms with Crippen LogP contribution < -0.4 is 15.5 Å². The first kappa shape index (κ1) is 17.1. The zero-order chi connectivity index (χ0) is 18.0. The summed E-state index contributed by atoms with van der Waals surface area (Å²) in [5, 5.41) is 5.59. The third kappa shape index (κ3) is 3.12. The van der Waals surface area contributed by atoms with Gasteiger partial charge < -0.3 is 9.88 Å². The summed E-state index contributed by atoms with van der Waals surface area (Å²) in [4.78, 5) is 33.8. The van der Waals surface area contributed by atoms with E-state index in [1.54, 1.807) is 6.20 Å². The molecule has 0 aromatic carbocycles. The Bertz CT molecular complexity index is 813. The van der Waals surface area contributed by atoms with Gasteiger partial charge in [-0.15, -0.1) is 0 Å². The van der Waals surface area contributed by atoms with Crippen LogP contribution in [0.25, 0.3) is 11.5 Å². The number of anilines is 1. The fourth-order valence-electron chi connectivity index (χ4n) is 2.96. The highest BCUT2D eigenvalue weighted by Gasteiger charge is 2.27. The molecular weight excluding hydrogens is 320 g/mol. The maximum atomic E-state index is 12.0. The van der Waals surface area contributed by atoms with E-state index in [1.165, 1.54) is 10.5 Å². The van der Waals surface area contributed by atoms with Gasteiger partial charge in [0, 0.05) is 33.1 Å². The molecule has 25 heavy (non-hydrogen) atoms. The lowest BCUT2D eigenvalue weighted by Gasteiger charge is -2.26. The van der Waals surface area contributed by atoms with E-state index < -0.39 is 6.03 Å². The molecule has 0 spiro atoms. The summed E-state index contributed by atoms with van der Waals surface area (Å²) in [5.41, 5.74) is 3.01. The first-order valence-electron chi connectivity index (χ1n) is 8.46. The van der Waals surface area contributed by atoms with E-state index in [4.69, 9.17) is 0 Å². The molecule has 0 saturated carbocycles. The van der Waals surface area contributed by atoms with E-state index in [9.17, 15) is 9.59 Å². The van der Waals surface area contributed by atoms with Gasteiger partial charge in [-0.1, -0.05) is 19.9 Å². The summed E-state index contributed by atoms with van der Waals surface area (Å²) < 4.78 is 1.83. The number of urea groups is 1. The summed E-state index contributed by atoms with van der Waals surface area (Å²) >= 11 is 0. The van der Waals surface area contributed by atoms with Crippen LogP contribution >= 0.6 is 0 Å². The minimum absolute atomic E-state index is 0.249. The van der Waals surface area contributed by atoms with Crippen molar-refractivity contribution >= 4 is 17.8 Å². The summed E-state index contributed by atoms with van der Waals surface area (Å²) in [7, 11) is 1.84. The van der Waals surface area contributed by atoms with Gasteiger partial charge in [-0.05, 0) is 11.6 Å². The normalized spacial score (nSPS) is 16.2. The van der Waals surface area contributed by atoms with Crippen molar-refractivity contribution in [3.8, 4) is 11.5 Å². The first-order valence-corrected chi connectivity index (χ1v) is 8.46. The van der Waals surface area contributed by atoms with E-state index in [1.807, 2.05) is 31.5 Å². The number of nitrogens with zero attached hydrogens (tertiary/aromatic N) is 4. The van der Waals surface area contributed by atoms with Gasteiger partial charge in [0.05, 0.1) is 11.9 Å². The van der Waals surface area contributed by atoms with Gasteiger partial charge in [-0.2, -0.15) is 0 Å². The van der Waals surface area contributed by atoms with Crippen molar-refractivity contribution in [1.29, 1.82) is 0 Å². The number of amides is 3. The predicted molar refractivity (Wildman–Crippen MR) is 93.8 cm³/mol. The molecule has 2 aromatic rings. The maximum absolute atomic E-state index is 12.0. The minimum Gasteiger partial charge on any atom is -0.312 e. The third-order valence-corrected chi connectivity index (χ3v) is 4.20. The van der Waals surface area contributed by atoms with E-state index >= 15 is 0 Å². The van der Waals surface area contributed by atoms with Crippen LogP contribution in [0.15, 0.2) is 18.3 Å². The first-order chi connectivity index (χ1) is 12.1. The fourth-order valence-corrected chi connectivity index (χ4v) is 2.96. The number of carbonyl (C=O) groups excluding carboxylic acids is 2. The molecule has 0 aliphatic carbocycles. The second-order valence-electron chi connectivity index (χ2n) is 5.66. The highest BCUT2D eigenvalue weighted by Crippen LogP contribution is 2.25. The summed E-state index contributed by atoms with van der Waals surface area (Å²) in [6, 6.07) is 3.58. The Hall–Kier alpha value is -2.74. The SMILES string of the molecule is CC.Cn1c(N2CCC(=O)NC2=O)cnc1-c1ccc2c(n1)CNC2. The number of aromatic nitrogens is 3. The molecule has 0 unspecified atom stereocenters. The van der Waals surface area contributed by atoms with Crippen LogP contribution in [-0.2, 0) is 24.9 Å². The molecule has 2 N–H and O–H groups in total. The number of imidazole rings is 1. The third-order valence-electron chi connectivity index (χ3n) is 4.20. The van der Waals surface area contributed by atoms with E-state index in [2.05, 4.69) is 26.7 Å². The number of nitrogens with one attached hydrogen (secondary N) is 2. The Kier molecular flexibility index (Phi) is 4.80. The van der Waals surface area contributed by atoms with Crippen molar-refractivity contribution in [2.24, 2.45) is 7.05 Å². The van der Waals surface area contributed by atoms with Crippen molar-refractivity contribution < 1.29 is 9.59 Å². The number of imide groups is 1. The molecule has 0 radical (unpaired) electrons. The molecule has 3 amide bonds. The van der Waals surface area contributed by atoms with Gasteiger partial charge in [-0.25, -0.2) is 14.8 Å². The topological polar surface area (TPSA) is 92.2 Å². The number of pyridine rings is 1. The van der Waals surface area contributed by atoms with Crippen molar-refractivity contribution in [2.45, 2.75) is 33.4 Å². The molecule has 4 rings (SSSR count). The number of fused-ring (bicyclic) bond motifs is 1. The van der Waals surface area contributed by atoms with Crippen LogP contribution in [0.2, 0.25) is 0 Å². The molecule has 8 nitrogen and oxygen atoms in total. The molecule has 8 heteroatoms. The second-order valence-corrected chi connectivity index (χ2v) is 5.66. The minimum atomic E-state index is -0.415. The van der Waals surface area contributed by atoms with Crippen LogP contribution in [0.5, 0.6) is 0 Å². The molecule has 1 saturated heterocycles. The average Bonchev–Trinajstić information content (AvgIpc) is 3.23. The Morgan fingerprint density at radius 1 is 1.16 bits per heavy atom.